The molecule has 0 saturated heterocycles. The van der Waals surface area contributed by atoms with E-state index in [1.165, 1.54) is 0 Å². The highest BCUT2D eigenvalue weighted by molar-refractivity contribution is 6.13. The van der Waals surface area contributed by atoms with Crippen molar-refractivity contribution in [1.82, 2.24) is 0 Å². The van der Waals surface area contributed by atoms with Crippen LogP contribution in [-0.2, 0) is 11.8 Å². The molecule has 5 heteroatoms. The fourth-order valence-electron chi connectivity index (χ4n) is 5.30. The number of hydrogen-bond acceptors (Lipinski definition) is 5. The topological polar surface area (TPSA) is 87.0 Å². The van der Waals surface area contributed by atoms with Gasteiger partial charge in [-0.05, 0) is 30.8 Å². The number of aliphatic hydroxyl groups is 1. The zero-order valence-corrected chi connectivity index (χ0v) is 15.1. The fourth-order valence-corrected chi connectivity index (χ4v) is 5.30. The van der Waals surface area contributed by atoms with Crippen LogP contribution in [-0.4, -0.2) is 27.2 Å². The van der Waals surface area contributed by atoms with E-state index in [0.29, 0.717) is 29.5 Å². The van der Waals surface area contributed by atoms with E-state index in [0.717, 1.165) is 12.8 Å². The van der Waals surface area contributed by atoms with E-state index in [-0.39, 0.29) is 40.1 Å². The highest BCUT2D eigenvalue weighted by atomic mass is 16.5. The van der Waals surface area contributed by atoms with Gasteiger partial charge >= 0.3 is 0 Å². The van der Waals surface area contributed by atoms with Gasteiger partial charge in [0.25, 0.3) is 0 Å². The van der Waals surface area contributed by atoms with Crippen molar-refractivity contribution in [3.05, 3.63) is 28.0 Å². The number of aliphatic hydroxyl groups excluding tert-OH is 1. The summed E-state index contributed by atoms with van der Waals surface area (Å²) in [7, 11) is 0. The van der Waals surface area contributed by atoms with Crippen LogP contribution in [0.15, 0.2) is 11.3 Å². The predicted octanol–water partition coefficient (Wildman–Crippen LogP) is 3.90. The first kappa shape index (κ1) is 16.3. The SMILES string of the molecule is CC1Cc2c(O)c3c(c(O)c2O1)C1(C)CCCC(C)(C)C1=C(O)C3=O. The van der Waals surface area contributed by atoms with Crippen molar-refractivity contribution in [2.45, 2.75) is 64.9 Å². The molecule has 1 aromatic carbocycles. The zero-order valence-electron chi connectivity index (χ0n) is 15.1. The Morgan fingerprint density at radius 2 is 1.76 bits per heavy atom. The Morgan fingerprint density at radius 1 is 1.08 bits per heavy atom. The molecule has 1 saturated carbocycles. The summed E-state index contributed by atoms with van der Waals surface area (Å²) in [6, 6.07) is 0. The van der Waals surface area contributed by atoms with E-state index in [1.807, 2.05) is 27.7 Å². The highest BCUT2D eigenvalue weighted by Crippen LogP contribution is 2.61. The summed E-state index contributed by atoms with van der Waals surface area (Å²) in [5, 5.41) is 32.5. The minimum absolute atomic E-state index is 0.0374. The van der Waals surface area contributed by atoms with Crippen LogP contribution in [0.4, 0.5) is 0 Å². The van der Waals surface area contributed by atoms with Crippen molar-refractivity contribution >= 4 is 5.78 Å². The monoisotopic (exact) mass is 344 g/mol. The van der Waals surface area contributed by atoms with Gasteiger partial charge in [-0.1, -0.05) is 27.2 Å². The summed E-state index contributed by atoms with van der Waals surface area (Å²) in [4.78, 5) is 12.9. The van der Waals surface area contributed by atoms with Gasteiger partial charge in [0.2, 0.25) is 5.78 Å². The zero-order chi connectivity index (χ0) is 18.3. The number of fused-ring (bicyclic) bond motifs is 4. The summed E-state index contributed by atoms with van der Waals surface area (Å²) < 4.78 is 5.72. The van der Waals surface area contributed by atoms with Gasteiger partial charge in [0.1, 0.15) is 11.9 Å². The summed E-state index contributed by atoms with van der Waals surface area (Å²) in [5.74, 6) is -0.825. The van der Waals surface area contributed by atoms with E-state index in [9.17, 15) is 20.1 Å². The maximum absolute atomic E-state index is 12.9. The number of carbonyl (C=O) groups is 1. The van der Waals surface area contributed by atoms with Gasteiger partial charge < -0.3 is 20.1 Å². The van der Waals surface area contributed by atoms with Gasteiger partial charge in [-0.25, -0.2) is 0 Å². The van der Waals surface area contributed by atoms with E-state index in [1.54, 1.807) is 0 Å². The van der Waals surface area contributed by atoms with Crippen LogP contribution in [0.1, 0.15) is 68.4 Å². The largest absolute Gasteiger partial charge is 0.507 e. The Kier molecular flexibility index (Phi) is 3.07. The van der Waals surface area contributed by atoms with E-state index < -0.39 is 11.2 Å². The number of carbonyl (C=O) groups excluding carboxylic acids is 1. The standard InChI is InChI=1S/C20H24O5/c1-9-8-10-13(21)11-12(15(23)17(10)25-9)20(4)7-5-6-19(2,3)18(20)16(24)14(11)22/h9,21,23-24H,5-8H2,1-4H3. The number of hydrogen-bond donors (Lipinski definition) is 3. The molecular formula is C20H24O5. The summed E-state index contributed by atoms with van der Waals surface area (Å²) in [6.07, 6.45) is 2.70. The van der Waals surface area contributed by atoms with Crippen LogP contribution < -0.4 is 4.74 Å². The molecule has 1 heterocycles. The van der Waals surface area contributed by atoms with Crippen LogP contribution in [0, 0.1) is 5.41 Å². The van der Waals surface area contributed by atoms with Gasteiger partial charge in [-0.3, -0.25) is 4.79 Å². The van der Waals surface area contributed by atoms with Gasteiger partial charge in [0, 0.05) is 23.0 Å². The summed E-state index contributed by atoms with van der Waals surface area (Å²) in [5.41, 5.74) is 0.482. The molecule has 0 aromatic heterocycles. The van der Waals surface area contributed by atoms with Crippen molar-refractivity contribution in [3.63, 3.8) is 0 Å². The molecule has 0 spiro atoms. The van der Waals surface area contributed by atoms with E-state index in [4.69, 9.17) is 4.74 Å². The Balaban J connectivity index is 2.10. The maximum atomic E-state index is 12.9. The Bertz CT molecular complexity index is 848. The normalized spacial score (nSPS) is 29.8. The van der Waals surface area contributed by atoms with Gasteiger partial charge in [0.15, 0.2) is 17.3 Å². The number of rotatable bonds is 0. The van der Waals surface area contributed by atoms with E-state index in [2.05, 4.69) is 0 Å². The lowest BCUT2D eigenvalue weighted by Crippen LogP contribution is -2.43. The van der Waals surface area contributed by atoms with Crippen molar-refractivity contribution < 1.29 is 24.9 Å². The molecular weight excluding hydrogens is 320 g/mol. The average molecular weight is 344 g/mol. The van der Waals surface area contributed by atoms with Crippen LogP contribution >= 0.6 is 0 Å². The molecule has 1 aliphatic heterocycles. The molecule has 0 radical (unpaired) electrons. The van der Waals surface area contributed by atoms with Gasteiger partial charge in [-0.15, -0.1) is 0 Å². The second-order valence-corrected chi connectivity index (χ2v) is 8.51. The van der Waals surface area contributed by atoms with Crippen molar-refractivity contribution in [1.29, 1.82) is 0 Å². The molecule has 1 fully saturated rings. The third-order valence-electron chi connectivity index (χ3n) is 6.25. The average Bonchev–Trinajstić information content (AvgIpc) is 2.90. The number of phenolic OH excluding ortho intramolecular Hbond substituents is 2. The first-order chi connectivity index (χ1) is 11.6. The number of phenols is 2. The number of Topliss-reactive ketones (excluding diaryl/α,β-unsaturated/α-hetero) is 1. The summed E-state index contributed by atoms with van der Waals surface area (Å²) >= 11 is 0. The minimum Gasteiger partial charge on any atom is -0.507 e. The molecule has 0 amide bonds. The quantitative estimate of drug-likeness (QED) is 0.621. The smallest absolute Gasteiger partial charge is 0.231 e. The third kappa shape index (κ3) is 1.87. The second kappa shape index (κ2) is 4.71. The highest BCUT2D eigenvalue weighted by Gasteiger charge is 2.53. The number of aromatic hydroxyl groups is 2. The number of allylic oxidation sites excluding steroid dienone is 2. The van der Waals surface area contributed by atoms with Crippen LogP contribution in [0.25, 0.3) is 0 Å². The fraction of sp³-hybridized carbons (Fsp3) is 0.550. The predicted molar refractivity (Wildman–Crippen MR) is 92.5 cm³/mol. The Labute approximate surface area is 146 Å². The molecule has 2 unspecified atom stereocenters. The molecule has 0 bridgehead atoms. The first-order valence-electron chi connectivity index (χ1n) is 8.86. The number of ketones is 1. The Morgan fingerprint density at radius 3 is 2.44 bits per heavy atom. The molecule has 25 heavy (non-hydrogen) atoms. The third-order valence-corrected chi connectivity index (χ3v) is 6.25. The van der Waals surface area contributed by atoms with Crippen LogP contribution in [0.5, 0.6) is 17.2 Å². The molecule has 3 aliphatic rings. The molecule has 2 aliphatic carbocycles. The maximum Gasteiger partial charge on any atom is 0.231 e. The number of benzene rings is 1. The minimum atomic E-state index is -0.707. The molecule has 4 rings (SSSR count). The molecule has 2 atom stereocenters. The number of ether oxygens (including phenoxy) is 1. The molecule has 134 valence electrons. The summed E-state index contributed by atoms with van der Waals surface area (Å²) in [6.45, 7) is 7.81. The van der Waals surface area contributed by atoms with Crippen molar-refractivity contribution in [2.75, 3.05) is 0 Å². The Hall–Kier alpha value is -2.17. The molecule has 1 aromatic rings. The van der Waals surface area contributed by atoms with Crippen molar-refractivity contribution in [3.8, 4) is 17.2 Å². The lowest BCUT2D eigenvalue weighted by atomic mass is 9.54. The molecule has 3 N–H and O–H groups in total. The second-order valence-electron chi connectivity index (χ2n) is 8.51. The van der Waals surface area contributed by atoms with Gasteiger partial charge in [-0.2, -0.15) is 0 Å². The van der Waals surface area contributed by atoms with Crippen molar-refractivity contribution in [2.24, 2.45) is 5.41 Å². The van der Waals surface area contributed by atoms with Gasteiger partial charge in [0.05, 0.1) is 5.56 Å². The first-order valence-corrected chi connectivity index (χ1v) is 8.86. The van der Waals surface area contributed by atoms with E-state index >= 15 is 0 Å². The molecule has 5 nitrogen and oxygen atoms in total. The lowest BCUT2D eigenvalue weighted by Gasteiger charge is -2.49. The lowest BCUT2D eigenvalue weighted by molar-refractivity contribution is 0.0935. The van der Waals surface area contributed by atoms with Crippen LogP contribution in [0.2, 0.25) is 0 Å². The van der Waals surface area contributed by atoms with Crippen LogP contribution in [0.3, 0.4) is 0 Å².